The first-order valence-electron chi connectivity index (χ1n) is 7.27. The van der Waals surface area contributed by atoms with Crippen molar-refractivity contribution in [3.63, 3.8) is 0 Å². The van der Waals surface area contributed by atoms with E-state index in [0.29, 0.717) is 28.8 Å². The van der Waals surface area contributed by atoms with Crippen LogP contribution in [0.4, 0.5) is 0 Å². The summed E-state index contributed by atoms with van der Waals surface area (Å²) in [4.78, 5) is 11.9. The van der Waals surface area contributed by atoms with E-state index in [4.69, 9.17) is 55.9 Å². The molecule has 25 heavy (non-hydrogen) atoms. The minimum Gasteiger partial charge on any atom is -0.495 e. The van der Waals surface area contributed by atoms with E-state index in [1.807, 2.05) is 6.07 Å². The normalized spacial score (nSPS) is 10.4. The molecule has 0 spiro atoms. The van der Waals surface area contributed by atoms with E-state index in [-0.39, 0.29) is 28.3 Å². The van der Waals surface area contributed by atoms with Gasteiger partial charge in [0.05, 0.1) is 22.2 Å². The van der Waals surface area contributed by atoms with E-state index in [1.54, 1.807) is 19.2 Å². The van der Waals surface area contributed by atoms with Crippen LogP contribution in [-0.4, -0.2) is 26.2 Å². The van der Waals surface area contributed by atoms with Crippen LogP contribution in [0, 0.1) is 0 Å². The Hall–Kier alpha value is -1.33. The topological polar surface area (TPSA) is 47.6 Å². The predicted molar refractivity (Wildman–Crippen MR) is 102 cm³/mol. The first-order valence-corrected chi connectivity index (χ1v) is 8.78. The van der Waals surface area contributed by atoms with Crippen LogP contribution in [0.15, 0.2) is 30.3 Å². The second-order valence-corrected chi connectivity index (χ2v) is 6.71. The highest BCUT2D eigenvalue weighted by Crippen LogP contribution is 2.35. The van der Waals surface area contributed by atoms with Gasteiger partial charge in [-0.05, 0) is 36.2 Å². The third-order valence-electron chi connectivity index (χ3n) is 3.26. The first kappa shape index (κ1) is 20.0. The number of methoxy groups -OCH3 is 1. The van der Waals surface area contributed by atoms with Crippen molar-refractivity contribution in [3.8, 4) is 11.5 Å². The van der Waals surface area contributed by atoms with Gasteiger partial charge >= 0.3 is 0 Å². The Morgan fingerprint density at radius 2 is 1.72 bits per heavy atom. The Morgan fingerprint density at radius 3 is 2.32 bits per heavy atom. The second-order valence-electron chi connectivity index (χ2n) is 5.06. The van der Waals surface area contributed by atoms with E-state index in [0.717, 1.165) is 5.56 Å². The Balaban J connectivity index is 1.81. The number of carbonyl (C=O) groups is 1. The van der Waals surface area contributed by atoms with Gasteiger partial charge in [-0.1, -0.05) is 52.5 Å². The van der Waals surface area contributed by atoms with E-state index in [1.165, 1.54) is 12.1 Å². The maximum absolute atomic E-state index is 11.9. The van der Waals surface area contributed by atoms with E-state index in [9.17, 15) is 4.79 Å². The number of nitrogens with one attached hydrogen (secondary N) is 1. The molecule has 134 valence electrons. The molecule has 2 aromatic carbocycles. The standard InChI is InChI=1S/C17H15Cl4NO3/c1-24-15-3-2-10(6-12(15)19)4-5-22-16(23)9-25-17-13(20)7-11(18)8-14(17)21/h2-3,6-8H,4-5,9H2,1H3,(H,22,23). The molecule has 1 amide bonds. The zero-order valence-corrected chi connectivity index (χ0v) is 16.3. The number of halogens is 4. The molecular weight excluding hydrogens is 408 g/mol. The zero-order valence-electron chi connectivity index (χ0n) is 13.2. The summed E-state index contributed by atoms with van der Waals surface area (Å²) >= 11 is 23.9. The Kier molecular flexibility index (Phi) is 7.51. The van der Waals surface area contributed by atoms with Crippen LogP contribution in [0.3, 0.4) is 0 Å². The van der Waals surface area contributed by atoms with Crippen molar-refractivity contribution in [2.24, 2.45) is 0 Å². The van der Waals surface area contributed by atoms with Gasteiger partial charge in [0.2, 0.25) is 0 Å². The summed E-state index contributed by atoms with van der Waals surface area (Å²) in [7, 11) is 1.56. The number of hydrogen-bond donors (Lipinski definition) is 1. The molecule has 0 radical (unpaired) electrons. The Morgan fingerprint density at radius 1 is 1.04 bits per heavy atom. The summed E-state index contributed by atoms with van der Waals surface area (Å²) in [5, 5.41) is 4.17. The molecule has 0 aliphatic rings. The van der Waals surface area contributed by atoms with Gasteiger partial charge in [0.1, 0.15) is 5.75 Å². The smallest absolute Gasteiger partial charge is 0.257 e. The summed E-state index contributed by atoms with van der Waals surface area (Å²) in [5.74, 6) is 0.547. The lowest BCUT2D eigenvalue weighted by Gasteiger charge is -2.11. The first-order chi connectivity index (χ1) is 11.9. The van der Waals surface area contributed by atoms with Crippen molar-refractivity contribution < 1.29 is 14.3 Å². The number of ether oxygens (including phenoxy) is 2. The molecule has 0 bridgehead atoms. The molecule has 0 heterocycles. The lowest BCUT2D eigenvalue weighted by Crippen LogP contribution is -2.30. The fourth-order valence-electron chi connectivity index (χ4n) is 2.07. The van der Waals surface area contributed by atoms with E-state index >= 15 is 0 Å². The lowest BCUT2D eigenvalue weighted by atomic mass is 10.1. The molecule has 0 aliphatic heterocycles. The van der Waals surface area contributed by atoms with Gasteiger partial charge in [0.25, 0.3) is 5.91 Å². The molecule has 0 atom stereocenters. The van der Waals surface area contributed by atoms with Crippen LogP contribution in [-0.2, 0) is 11.2 Å². The van der Waals surface area contributed by atoms with Gasteiger partial charge in [-0.15, -0.1) is 0 Å². The van der Waals surface area contributed by atoms with Crippen molar-refractivity contribution >= 4 is 52.3 Å². The highest BCUT2D eigenvalue weighted by atomic mass is 35.5. The molecule has 0 saturated carbocycles. The van der Waals surface area contributed by atoms with E-state index < -0.39 is 0 Å². The third kappa shape index (κ3) is 5.86. The number of hydrogen-bond acceptors (Lipinski definition) is 3. The van der Waals surface area contributed by atoms with Crippen molar-refractivity contribution in [1.29, 1.82) is 0 Å². The fraction of sp³-hybridized carbons (Fsp3) is 0.235. The number of benzene rings is 2. The monoisotopic (exact) mass is 421 g/mol. The molecule has 4 nitrogen and oxygen atoms in total. The van der Waals surface area contributed by atoms with E-state index in [2.05, 4.69) is 5.32 Å². The van der Waals surface area contributed by atoms with Crippen LogP contribution >= 0.6 is 46.4 Å². The fourth-order valence-corrected chi connectivity index (χ4v) is 3.27. The van der Waals surface area contributed by atoms with Gasteiger partial charge < -0.3 is 14.8 Å². The van der Waals surface area contributed by atoms with Gasteiger partial charge in [-0.3, -0.25) is 4.79 Å². The molecular formula is C17H15Cl4NO3. The van der Waals surface area contributed by atoms with Crippen molar-refractivity contribution in [3.05, 3.63) is 56.0 Å². The minimum absolute atomic E-state index is 0.204. The average Bonchev–Trinajstić information content (AvgIpc) is 2.54. The minimum atomic E-state index is -0.290. The maximum Gasteiger partial charge on any atom is 0.257 e. The molecule has 2 aromatic rings. The van der Waals surface area contributed by atoms with Crippen molar-refractivity contribution in [1.82, 2.24) is 5.32 Å². The van der Waals surface area contributed by atoms with Crippen LogP contribution in [0.25, 0.3) is 0 Å². The van der Waals surface area contributed by atoms with Crippen LogP contribution in [0.1, 0.15) is 5.56 Å². The summed E-state index contributed by atoms with van der Waals surface area (Å²) < 4.78 is 10.5. The summed E-state index contributed by atoms with van der Waals surface area (Å²) in [6.45, 7) is 0.234. The van der Waals surface area contributed by atoms with Crippen LogP contribution in [0.2, 0.25) is 20.1 Å². The molecule has 0 saturated heterocycles. The number of amides is 1. The largest absolute Gasteiger partial charge is 0.495 e. The third-order valence-corrected chi connectivity index (χ3v) is 4.34. The van der Waals surface area contributed by atoms with Gasteiger partial charge in [0.15, 0.2) is 12.4 Å². The molecule has 0 unspecified atom stereocenters. The Bertz CT molecular complexity index is 745. The molecule has 8 heteroatoms. The maximum atomic E-state index is 11.9. The lowest BCUT2D eigenvalue weighted by molar-refractivity contribution is -0.123. The molecule has 1 N–H and O–H groups in total. The summed E-state index contributed by atoms with van der Waals surface area (Å²) in [6.07, 6.45) is 0.623. The number of carbonyl (C=O) groups excluding carboxylic acids is 1. The highest BCUT2D eigenvalue weighted by Gasteiger charge is 2.11. The molecule has 0 aromatic heterocycles. The summed E-state index contributed by atoms with van der Waals surface area (Å²) in [6, 6.07) is 8.47. The van der Waals surface area contributed by atoms with Crippen molar-refractivity contribution in [2.75, 3.05) is 20.3 Å². The molecule has 0 fully saturated rings. The van der Waals surface area contributed by atoms with Crippen molar-refractivity contribution in [2.45, 2.75) is 6.42 Å². The van der Waals surface area contributed by atoms with Gasteiger partial charge in [-0.2, -0.15) is 0 Å². The Labute approximate surface area is 165 Å². The average molecular weight is 423 g/mol. The van der Waals surface area contributed by atoms with Crippen LogP contribution in [0.5, 0.6) is 11.5 Å². The second kappa shape index (κ2) is 9.39. The quantitative estimate of drug-likeness (QED) is 0.679. The number of rotatable bonds is 7. The van der Waals surface area contributed by atoms with Gasteiger partial charge in [0, 0.05) is 11.6 Å². The SMILES string of the molecule is COc1ccc(CCNC(=O)COc2c(Cl)cc(Cl)cc2Cl)cc1Cl. The van der Waals surface area contributed by atoms with Crippen LogP contribution < -0.4 is 14.8 Å². The summed E-state index contributed by atoms with van der Waals surface area (Å²) in [5.41, 5.74) is 0.982. The highest BCUT2D eigenvalue weighted by molar-refractivity contribution is 6.40. The molecule has 2 rings (SSSR count). The van der Waals surface area contributed by atoms with Gasteiger partial charge in [-0.25, -0.2) is 0 Å². The predicted octanol–water partition coefficient (Wildman–Crippen LogP) is 5.05. The molecule has 0 aliphatic carbocycles. The zero-order chi connectivity index (χ0) is 18.4.